The molecule has 2 N–H and O–H groups in total. The van der Waals surface area contributed by atoms with Crippen molar-refractivity contribution in [3.05, 3.63) is 120 Å². The number of para-hydroxylation sites is 3. The fraction of sp³-hybridized carbons (Fsp3) is 0.182. The van der Waals surface area contributed by atoms with Crippen molar-refractivity contribution in [1.29, 1.82) is 0 Å². The monoisotopic (exact) mass is 583 g/mol. The van der Waals surface area contributed by atoms with Crippen LogP contribution in [0.3, 0.4) is 0 Å². The predicted octanol–water partition coefficient (Wildman–Crippen LogP) is 5.96. The van der Waals surface area contributed by atoms with Crippen LogP contribution in [0.2, 0.25) is 0 Å². The van der Waals surface area contributed by atoms with Crippen LogP contribution >= 0.6 is 0 Å². The molecule has 42 heavy (non-hydrogen) atoms. The van der Waals surface area contributed by atoms with Crippen LogP contribution in [0.4, 0.5) is 5.69 Å². The van der Waals surface area contributed by atoms with E-state index in [2.05, 4.69) is 40.6 Å². The first-order valence-electron chi connectivity index (χ1n) is 13.6. The topological polar surface area (TPSA) is 101 Å². The maximum atomic E-state index is 13.4. The molecule has 0 bridgehead atoms. The van der Waals surface area contributed by atoms with Gasteiger partial charge in [0.2, 0.25) is 0 Å². The van der Waals surface area contributed by atoms with Crippen molar-refractivity contribution >= 4 is 32.6 Å². The summed E-state index contributed by atoms with van der Waals surface area (Å²) in [5.41, 5.74) is 4.39. The van der Waals surface area contributed by atoms with Crippen molar-refractivity contribution in [2.45, 2.75) is 17.7 Å². The molecule has 0 radical (unpaired) electrons. The smallest absolute Gasteiger partial charge is 0.339 e. The molecule has 0 fully saturated rings. The van der Waals surface area contributed by atoms with Crippen LogP contribution in [0.25, 0.3) is 10.9 Å². The summed E-state index contributed by atoms with van der Waals surface area (Å²) in [6.07, 6.45) is 1.98. The average molecular weight is 584 g/mol. The van der Waals surface area contributed by atoms with E-state index in [1.54, 1.807) is 31.2 Å². The summed E-state index contributed by atoms with van der Waals surface area (Å²) in [5, 5.41) is 4.10. The number of aromatic nitrogens is 1. The molecule has 1 aromatic heterocycles. The van der Waals surface area contributed by atoms with Crippen molar-refractivity contribution in [3.63, 3.8) is 0 Å². The lowest BCUT2D eigenvalue weighted by atomic mass is 9.90. The van der Waals surface area contributed by atoms with Gasteiger partial charge in [0.25, 0.3) is 5.91 Å². The number of aromatic amines is 1. The zero-order chi connectivity index (χ0) is 29.7. The molecule has 1 amide bonds. The molecule has 5 aromatic rings. The second kappa shape index (κ2) is 12.4. The van der Waals surface area contributed by atoms with Crippen LogP contribution in [0, 0.1) is 0 Å². The number of hydrogen-bond acceptors (Lipinski definition) is 6. The Morgan fingerprint density at radius 1 is 0.905 bits per heavy atom. The summed E-state index contributed by atoms with van der Waals surface area (Å²) in [4.78, 5) is 18.6. The Bertz CT molecular complexity index is 1800. The lowest BCUT2D eigenvalue weighted by Gasteiger charge is -2.20. The van der Waals surface area contributed by atoms with Crippen LogP contribution in [-0.4, -0.2) is 46.6 Å². The number of nitrogens with zero attached hydrogens (tertiary/aromatic N) is 1. The second-order valence-electron chi connectivity index (χ2n) is 9.98. The Kier molecular flexibility index (Phi) is 8.49. The molecule has 1 atom stereocenters. The Labute approximate surface area is 246 Å². The number of carbonyl (C=O) groups is 1. The van der Waals surface area contributed by atoms with E-state index in [1.165, 1.54) is 24.3 Å². The van der Waals surface area contributed by atoms with E-state index in [0.29, 0.717) is 18.9 Å². The molecule has 0 aliphatic carbocycles. The number of fused-ring (bicyclic) bond motifs is 1. The van der Waals surface area contributed by atoms with E-state index < -0.39 is 16.0 Å². The highest BCUT2D eigenvalue weighted by Crippen LogP contribution is 2.32. The zero-order valence-electron chi connectivity index (χ0n) is 23.7. The molecule has 0 spiro atoms. The highest BCUT2D eigenvalue weighted by molar-refractivity contribution is 7.87. The third-order valence-electron chi connectivity index (χ3n) is 7.01. The number of carbonyl (C=O) groups excluding carboxylic acids is 1. The molecule has 5 rings (SSSR count). The van der Waals surface area contributed by atoms with Gasteiger partial charge in [-0.25, -0.2) is 0 Å². The minimum atomic E-state index is -4.22. The van der Waals surface area contributed by atoms with Crippen LogP contribution in [0.5, 0.6) is 11.5 Å². The van der Waals surface area contributed by atoms with Crippen molar-refractivity contribution in [2.75, 3.05) is 32.1 Å². The summed E-state index contributed by atoms with van der Waals surface area (Å²) in [5.74, 6) is -0.140. The van der Waals surface area contributed by atoms with E-state index in [-0.39, 0.29) is 22.1 Å². The molecule has 0 unspecified atom stereocenters. The first kappa shape index (κ1) is 28.8. The van der Waals surface area contributed by atoms with Gasteiger partial charge in [-0.05, 0) is 66.6 Å². The summed E-state index contributed by atoms with van der Waals surface area (Å²) in [7, 11) is -0.244. The number of anilines is 1. The van der Waals surface area contributed by atoms with E-state index in [0.717, 1.165) is 27.7 Å². The van der Waals surface area contributed by atoms with Crippen molar-refractivity contribution < 1.29 is 22.1 Å². The Morgan fingerprint density at radius 3 is 2.36 bits per heavy atom. The van der Waals surface area contributed by atoms with Crippen molar-refractivity contribution in [1.82, 2.24) is 10.3 Å². The SMILES string of the molecule is CCOc1ccccc1OS(=O)(=O)c1cccc(C(=O)NC[C@H](c2ccc(N(C)C)cc2)c2c[nH]c3ccccc23)c1. The number of hydrogen-bond donors (Lipinski definition) is 2. The molecular weight excluding hydrogens is 550 g/mol. The van der Waals surface area contributed by atoms with Gasteiger partial charge in [-0.2, -0.15) is 8.42 Å². The van der Waals surface area contributed by atoms with Gasteiger partial charge in [-0.15, -0.1) is 0 Å². The minimum Gasteiger partial charge on any atom is -0.490 e. The van der Waals surface area contributed by atoms with Gasteiger partial charge < -0.3 is 24.1 Å². The Hall–Kier alpha value is -4.76. The Balaban J connectivity index is 1.38. The highest BCUT2D eigenvalue weighted by atomic mass is 32.2. The predicted molar refractivity (Wildman–Crippen MR) is 165 cm³/mol. The summed E-state index contributed by atoms with van der Waals surface area (Å²) in [6.45, 7) is 2.46. The lowest BCUT2D eigenvalue weighted by molar-refractivity contribution is 0.0952. The van der Waals surface area contributed by atoms with E-state index >= 15 is 0 Å². The maximum absolute atomic E-state index is 13.4. The fourth-order valence-electron chi connectivity index (χ4n) is 4.84. The molecule has 4 aromatic carbocycles. The molecule has 0 aliphatic heterocycles. The lowest BCUT2D eigenvalue weighted by Crippen LogP contribution is -2.29. The fourth-order valence-corrected chi connectivity index (χ4v) is 5.83. The molecule has 0 saturated heterocycles. The van der Waals surface area contributed by atoms with Crippen LogP contribution in [-0.2, 0) is 10.1 Å². The number of benzene rings is 4. The average Bonchev–Trinajstić information content (AvgIpc) is 3.42. The van der Waals surface area contributed by atoms with Crippen LogP contribution in [0.1, 0.15) is 34.3 Å². The normalized spacial score (nSPS) is 12.1. The standard InChI is InChI=1S/C33H33N3O5S/c1-4-40-31-14-7-8-15-32(31)41-42(38,39)26-11-9-10-24(20-26)33(37)35-21-28(23-16-18-25(19-17-23)36(2)3)29-22-34-30-13-6-5-12-27(29)30/h5-20,22,28,34H,4,21H2,1-3H3,(H,35,37)/t28-/m1/s1. The third kappa shape index (κ3) is 6.26. The zero-order valence-corrected chi connectivity index (χ0v) is 24.5. The molecule has 216 valence electrons. The van der Waals surface area contributed by atoms with Gasteiger partial charge in [-0.1, -0.05) is 48.5 Å². The van der Waals surface area contributed by atoms with E-state index in [4.69, 9.17) is 8.92 Å². The first-order chi connectivity index (χ1) is 20.3. The highest BCUT2D eigenvalue weighted by Gasteiger charge is 2.23. The first-order valence-corrected chi connectivity index (χ1v) is 15.1. The van der Waals surface area contributed by atoms with Crippen molar-refractivity contribution in [2.24, 2.45) is 0 Å². The molecule has 0 aliphatic rings. The van der Waals surface area contributed by atoms with Gasteiger partial charge in [0.15, 0.2) is 11.5 Å². The minimum absolute atomic E-state index is 0.0797. The number of nitrogens with one attached hydrogen (secondary N) is 2. The number of amides is 1. The van der Waals surface area contributed by atoms with Gasteiger partial charge in [0.05, 0.1) is 6.61 Å². The van der Waals surface area contributed by atoms with E-state index in [1.807, 2.05) is 43.4 Å². The molecule has 9 heteroatoms. The number of rotatable bonds is 11. The van der Waals surface area contributed by atoms with Gasteiger partial charge in [-0.3, -0.25) is 4.79 Å². The van der Waals surface area contributed by atoms with Gasteiger partial charge in [0.1, 0.15) is 4.90 Å². The Morgan fingerprint density at radius 2 is 1.62 bits per heavy atom. The molecular formula is C33H33N3O5S. The number of ether oxygens (including phenoxy) is 1. The van der Waals surface area contributed by atoms with Crippen LogP contribution < -0.4 is 19.1 Å². The van der Waals surface area contributed by atoms with Crippen molar-refractivity contribution in [3.8, 4) is 11.5 Å². The van der Waals surface area contributed by atoms with E-state index in [9.17, 15) is 13.2 Å². The molecule has 1 heterocycles. The maximum Gasteiger partial charge on any atom is 0.339 e. The summed E-state index contributed by atoms with van der Waals surface area (Å²) < 4.78 is 37.1. The van der Waals surface area contributed by atoms with Crippen LogP contribution in [0.15, 0.2) is 108 Å². The quantitative estimate of drug-likeness (QED) is 0.186. The second-order valence-corrected chi connectivity index (χ2v) is 11.5. The molecule has 8 nitrogen and oxygen atoms in total. The summed E-state index contributed by atoms with van der Waals surface area (Å²) >= 11 is 0. The van der Waals surface area contributed by atoms with Gasteiger partial charge in [0, 0.05) is 54.9 Å². The largest absolute Gasteiger partial charge is 0.490 e. The third-order valence-corrected chi connectivity index (χ3v) is 8.24. The van der Waals surface area contributed by atoms with Gasteiger partial charge >= 0.3 is 10.1 Å². The number of H-pyrrole nitrogens is 1. The summed E-state index contributed by atoms with van der Waals surface area (Å²) in [6, 6.07) is 28.7. The molecule has 0 saturated carbocycles.